The average Bonchev–Trinajstić information content (AvgIpc) is 3.16. The van der Waals surface area contributed by atoms with Gasteiger partial charge in [-0.3, -0.25) is 9.59 Å². The molecule has 2 amide bonds. The Balaban J connectivity index is 1.33. The molecule has 2 heterocycles. The quantitative estimate of drug-likeness (QED) is 0.907. The van der Waals surface area contributed by atoms with Crippen LogP contribution in [-0.4, -0.2) is 42.6 Å². The number of likely N-dealkylation sites (tertiary alicyclic amines) is 1. The summed E-state index contributed by atoms with van der Waals surface area (Å²) in [6.45, 7) is 3.40. The average molecular weight is 366 g/mol. The van der Waals surface area contributed by atoms with E-state index >= 15 is 0 Å². The molecule has 140 valence electrons. The molecule has 27 heavy (non-hydrogen) atoms. The number of hydrogen-bond acceptors (Lipinski definition) is 4. The molecule has 0 saturated carbocycles. The Morgan fingerprint density at radius 3 is 2.56 bits per heavy atom. The maximum Gasteiger partial charge on any atom is 0.253 e. The molecule has 2 aromatic rings. The zero-order valence-electron chi connectivity index (χ0n) is 15.2. The van der Waals surface area contributed by atoms with E-state index in [1.807, 2.05) is 36.1 Å². The van der Waals surface area contributed by atoms with Crippen LogP contribution in [0.2, 0.25) is 0 Å². The number of nitrogens with zero attached hydrogens (tertiary/aromatic N) is 1. The van der Waals surface area contributed by atoms with Gasteiger partial charge in [0.2, 0.25) is 6.79 Å². The van der Waals surface area contributed by atoms with E-state index in [2.05, 4.69) is 5.32 Å². The first kappa shape index (κ1) is 17.4. The smallest absolute Gasteiger partial charge is 0.253 e. The first-order valence-electron chi connectivity index (χ1n) is 9.16. The molecule has 0 atom stereocenters. The number of piperidine rings is 1. The minimum absolute atomic E-state index is 0.0169. The second-order valence-electron chi connectivity index (χ2n) is 6.98. The van der Waals surface area contributed by atoms with E-state index in [0.29, 0.717) is 35.7 Å². The number of carbonyl (C=O) groups excluding carboxylic acids is 2. The first-order chi connectivity index (χ1) is 13.1. The van der Waals surface area contributed by atoms with Crippen molar-refractivity contribution in [1.82, 2.24) is 10.2 Å². The highest BCUT2D eigenvalue weighted by Gasteiger charge is 2.26. The van der Waals surface area contributed by atoms with Gasteiger partial charge in [0.1, 0.15) is 0 Å². The number of benzene rings is 2. The molecule has 1 N–H and O–H groups in total. The fourth-order valence-corrected chi connectivity index (χ4v) is 3.49. The molecule has 1 saturated heterocycles. The Morgan fingerprint density at radius 1 is 1.00 bits per heavy atom. The van der Waals surface area contributed by atoms with Gasteiger partial charge in [-0.15, -0.1) is 0 Å². The summed E-state index contributed by atoms with van der Waals surface area (Å²) in [5, 5.41) is 3.08. The maximum atomic E-state index is 12.7. The van der Waals surface area contributed by atoms with Crippen LogP contribution in [0.1, 0.15) is 39.1 Å². The van der Waals surface area contributed by atoms with Gasteiger partial charge in [0.25, 0.3) is 11.8 Å². The first-order valence-corrected chi connectivity index (χ1v) is 9.16. The van der Waals surface area contributed by atoms with Crippen molar-refractivity contribution in [2.24, 2.45) is 0 Å². The molecule has 0 unspecified atom stereocenters. The normalized spacial score (nSPS) is 16.3. The van der Waals surface area contributed by atoms with Crippen LogP contribution in [0.15, 0.2) is 42.5 Å². The van der Waals surface area contributed by atoms with Crippen LogP contribution in [0, 0.1) is 6.92 Å². The molecule has 2 aromatic carbocycles. The van der Waals surface area contributed by atoms with E-state index in [1.54, 1.807) is 18.2 Å². The molecule has 0 spiro atoms. The Labute approximate surface area is 158 Å². The topological polar surface area (TPSA) is 67.9 Å². The molecule has 4 rings (SSSR count). The molecule has 1 fully saturated rings. The zero-order valence-corrected chi connectivity index (χ0v) is 15.2. The van der Waals surface area contributed by atoms with Crippen molar-refractivity contribution in [2.75, 3.05) is 19.9 Å². The van der Waals surface area contributed by atoms with Gasteiger partial charge in [-0.05, 0) is 50.1 Å². The number of nitrogens with one attached hydrogen (secondary N) is 1. The minimum atomic E-state index is -0.0563. The molecule has 0 bridgehead atoms. The zero-order chi connectivity index (χ0) is 18.8. The van der Waals surface area contributed by atoms with E-state index in [0.717, 1.165) is 18.4 Å². The number of fused-ring (bicyclic) bond motifs is 1. The largest absolute Gasteiger partial charge is 0.454 e. The molecular formula is C21H22N2O4. The molecule has 6 heteroatoms. The van der Waals surface area contributed by atoms with Crippen molar-refractivity contribution in [2.45, 2.75) is 25.8 Å². The van der Waals surface area contributed by atoms with Crippen molar-refractivity contribution in [1.29, 1.82) is 0 Å². The lowest BCUT2D eigenvalue weighted by Crippen LogP contribution is -2.46. The summed E-state index contributed by atoms with van der Waals surface area (Å²) < 4.78 is 10.6. The van der Waals surface area contributed by atoms with Gasteiger partial charge in [0, 0.05) is 30.3 Å². The minimum Gasteiger partial charge on any atom is -0.454 e. The molecular weight excluding hydrogens is 344 g/mol. The van der Waals surface area contributed by atoms with Crippen molar-refractivity contribution < 1.29 is 19.1 Å². The van der Waals surface area contributed by atoms with Crippen LogP contribution in [0.25, 0.3) is 0 Å². The van der Waals surface area contributed by atoms with Crippen LogP contribution in [-0.2, 0) is 0 Å². The highest BCUT2D eigenvalue weighted by Crippen LogP contribution is 2.33. The third-order valence-corrected chi connectivity index (χ3v) is 5.02. The summed E-state index contributed by atoms with van der Waals surface area (Å²) in [6, 6.07) is 12.9. The van der Waals surface area contributed by atoms with E-state index < -0.39 is 0 Å². The van der Waals surface area contributed by atoms with Gasteiger partial charge < -0.3 is 19.7 Å². The lowest BCUT2D eigenvalue weighted by molar-refractivity contribution is 0.0697. The predicted molar refractivity (Wildman–Crippen MR) is 100 cm³/mol. The van der Waals surface area contributed by atoms with Crippen LogP contribution in [0.5, 0.6) is 11.5 Å². The summed E-state index contributed by atoms with van der Waals surface area (Å²) >= 11 is 0. The van der Waals surface area contributed by atoms with Gasteiger partial charge in [0.05, 0.1) is 0 Å². The summed E-state index contributed by atoms with van der Waals surface area (Å²) in [5.41, 5.74) is 2.34. The highest BCUT2D eigenvalue weighted by molar-refractivity contribution is 5.95. The maximum absolute atomic E-state index is 12.7. The molecule has 0 radical (unpaired) electrons. The van der Waals surface area contributed by atoms with Gasteiger partial charge in [-0.2, -0.15) is 0 Å². The molecule has 2 aliphatic heterocycles. The van der Waals surface area contributed by atoms with Gasteiger partial charge in [-0.25, -0.2) is 0 Å². The van der Waals surface area contributed by atoms with Crippen molar-refractivity contribution in [3.8, 4) is 11.5 Å². The van der Waals surface area contributed by atoms with Crippen LogP contribution < -0.4 is 14.8 Å². The number of ether oxygens (including phenoxy) is 2. The Hall–Kier alpha value is -3.02. The fourth-order valence-electron chi connectivity index (χ4n) is 3.49. The monoisotopic (exact) mass is 366 g/mol. The lowest BCUT2D eigenvalue weighted by Gasteiger charge is -2.32. The van der Waals surface area contributed by atoms with Crippen LogP contribution >= 0.6 is 0 Å². The second-order valence-corrected chi connectivity index (χ2v) is 6.98. The van der Waals surface area contributed by atoms with Crippen molar-refractivity contribution >= 4 is 11.8 Å². The molecule has 2 aliphatic rings. The fraction of sp³-hybridized carbons (Fsp3) is 0.333. The number of rotatable bonds is 3. The van der Waals surface area contributed by atoms with Gasteiger partial charge in [-0.1, -0.05) is 17.7 Å². The van der Waals surface area contributed by atoms with Crippen molar-refractivity contribution in [3.05, 3.63) is 59.2 Å². The third kappa shape index (κ3) is 3.74. The summed E-state index contributed by atoms with van der Waals surface area (Å²) in [6.07, 6.45) is 1.49. The summed E-state index contributed by atoms with van der Waals surface area (Å²) in [5.74, 6) is 1.21. The number of carbonyl (C=O) groups is 2. The molecule has 6 nitrogen and oxygen atoms in total. The Bertz CT molecular complexity index is 872. The van der Waals surface area contributed by atoms with Gasteiger partial charge in [0.15, 0.2) is 11.5 Å². The SMILES string of the molecule is Cc1cccc(C(=O)NC2CCN(C(=O)c3ccc4c(c3)OCO4)CC2)c1. The number of aryl methyl sites for hydroxylation is 1. The molecule has 0 aliphatic carbocycles. The van der Waals surface area contributed by atoms with E-state index in [-0.39, 0.29) is 24.6 Å². The summed E-state index contributed by atoms with van der Waals surface area (Å²) in [7, 11) is 0. The predicted octanol–water partition coefficient (Wildman–Crippen LogP) is 2.76. The Morgan fingerprint density at radius 2 is 1.78 bits per heavy atom. The number of amides is 2. The van der Waals surface area contributed by atoms with Gasteiger partial charge >= 0.3 is 0 Å². The third-order valence-electron chi connectivity index (χ3n) is 5.02. The highest BCUT2D eigenvalue weighted by atomic mass is 16.7. The van der Waals surface area contributed by atoms with Crippen LogP contribution in [0.3, 0.4) is 0 Å². The molecule has 0 aromatic heterocycles. The number of hydrogen-bond donors (Lipinski definition) is 1. The second kappa shape index (κ2) is 7.31. The van der Waals surface area contributed by atoms with E-state index in [1.165, 1.54) is 0 Å². The van der Waals surface area contributed by atoms with Crippen molar-refractivity contribution in [3.63, 3.8) is 0 Å². The standard InChI is InChI=1S/C21H22N2O4/c1-14-3-2-4-15(11-14)20(24)22-17-7-9-23(10-8-17)21(25)16-5-6-18-19(12-16)27-13-26-18/h2-6,11-12,17H,7-10,13H2,1H3,(H,22,24). The lowest BCUT2D eigenvalue weighted by atomic mass is 10.0. The van der Waals surface area contributed by atoms with Crippen LogP contribution in [0.4, 0.5) is 0 Å². The summed E-state index contributed by atoms with van der Waals surface area (Å²) in [4.78, 5) is 26.9. The van der Waals surface area contributed by atoms with E-state index in [9.17, 15) is 9.59 Å². The Kier molecular flexibility index (Phi) is 4.71. The van der Waals surface area contributed by atoms with E-state index in [4.69, 9.17) is 9.47 Å².